The van der Waals surface area contributed by atoms with Crippen LogP contribution in [0.5, 0.6) is 23.0 Å². The highest BCUT2D eigenvalue weighted by Crippen LogP contribution is 2.35. The van der Waals surface area contributed by atoms with Gasteiger partial charge >= 0.3 is 0 Å². The van der Waals surface area contributed by atoms with Gasteiger partial charge in [-0.1, -0.05) is 36.4 Å². The van der Waals surface area contributed by atoms with E-state index in [4.69, 9.17) is 9.47 Å². The minimum Gasteiger partial charge on any atom is -0.508 e. The summed E-state index contributed by atoms with van der Waals surface area (Å²) in [6.45, 7) is 6.04. The van der Waals surface area contributed by atoms with Gasteiger partial charge in [0.05, 0.1) is 0 Å². The molecule has 0 saturated carbocycles. The van der Waals surface area contributed by atoms with Crippen LogP contribution in [0.3, 0.4) is 0 Å². The normalized spacial score (nSPS) is 11.2. The molecule has 0 unspecified atom stereocenters. The second kappa shape index (κ2) is 6.89. The molecule has 0 aliphatic heterocycles. The van der Waals surface area contributed by atoms with E-state index in [2.05, 4.69) is 0 Å². The van der Waals surface area contributed by atoms with Crippen LogP contribution in [0.2, 0.25) is 0 Å². The van der Waals surface area contributed by atoms with Crippen molar-refractivity contribution < 1.29 is 14.6 Å². The van der Waals surface area contributed by atoms with Crippen LogP contribution in [0, 0.1) is 0 Å². The molecule has 0 aromatic heterocycles. The molecule has 0 heterocycles. The quantitative estimate of drug-likeness (QED) is 0.633. The molecular formula is C22H22O3. The number of para-hydroxylation sites is 1. The molecule has 0 bridgehead atoms. The van der Waals surface area contributed by atoms with E-state index in [1.54, 1.807) is 12.1 Å². The van der Waals surface area contributed by atoms with Crippen LogP contribution in [0.15, 0.2) is 72.8 Å². The Hall–Kier alpha value is -2.94. The summed E-state index contributed by atoms with van der Waals surface area (Å²) in [5.74, 6) is 2.48. The molecule has 3 nitrogen and oxygen atoms in total. The fourth-order valence-corrected chi connectivity index (χ4v) is 2.52. The first-order valence-corrected chi connectivity index (χ1v) is 8.26. The molecule has 25 heavy (non-hydrogen) atoms. The van der Waals surface area contributed by atoms with E-state index in [9.17, 15) is 5.11 Å². The molecule has 128 valence electrons. The first kappa shape index (κ1) is 16.9. The maximum atomic E-state index is 9.49. The predicted octanol–water partition coefficient (Wildman–Crippen LogP) is 6.03. The molecule has 0 aliphatic carbocycles. The Morgan fingerprint density at radius 2 is 1.44 bits per heavy atom. The number of hydrogen-bond donors (Lipinski definition) is 1. The predicted molar refractivity (Wildman–Crippen MR) is 100 cm³/mol. The number of phenols is 1. The van der Waals surface area contributed by atoms with Gasteiger partial charge in [0.1, 0.15) is 28.6 Å². The van der Waals surface area contributed by atoms with Crippen molar-refractivity contribution in [1.82, 2.24) is 0 Å². The van der Waals surface area contributed by atoms with Crippen LogP contribution in [-0.4, -0.2) is 10.7 Å². The van der Waals surface area contributed by atoms with Gasteiger partial charge in [-0.15, -0.1) is 0 Å². The smallest absolute Gasteiger partial charge is 0.135 e. The average Bonchev–Trinajstić information content (AvgIpc) is 2.55. The lowest BCUT2D eigenvalue weighted by Crippen LogP contribution is -2.22. The number of aromatic hydroxyl groups is 1. The van der Waals surface area contributed by atoms with Crippen LogP contribution in [0.25, 0.3) is 11.1 Å². The molecule has 1 N–H and O–H groups in total. The Labute approximate surface area is 148 Å². The third kappa shape index (κ3) is 4.54. The first-order chi connectivity index (χ1) is 11.9. The number of benzene rings is 3. The van der Waals surface area contributed by atoms with Crippen LogP contribution in [0.4, 0.5) is 0 Å². The van der Waals surface area contributed by atoms with Crippen LogP contribution in [-0.2, 0) is 0 Å². The molecule has 0 fully saturated rings. The number of phenolic OH excluding ortho intramolecular Hbond substituents is 1. The van der Waals surface area contributed by atoms with Crippen molar-refractivity contribution in [3.8, 4) is 34.1 Å². The third-order valence-corrected chi connectivity index (χ3v) is 3.52. The largest absolute Gasteiger partial charge is 0.508 e. The van der Waals surface area contributed by atoms with E-state index in [-0.39, 0.29) is 11.4 Å². The monoisotopic (exact) mass is 334 g/mol. The van der Waals surface area contributed by atoms with Gasteiger partial charge in [-0.25, -0.2) is 0 Å². The molecular weight excluding hydrogens is 312 g/mol. The summed E-state index contributed by atoms with van der Waals surface area (Å²) in [5, 5.41) is 9.49. The zero-order chi connectivity index (χ0) is 17.9. The zero-order valence-electron chi connectivity index (χ0n) is 14.7. The van der Waals surface area contributed by atoms with Crippen LogP contribution in [0.1, 0.15) is 20.8 Å². The fraction of sp³-hybridized carbons (Fsp3) is 0.182. The molecule has 3 rings (SSSR count). The molecule has 0 amide bonds. The van der Waals surface area contributed by atoms with E-state index in [1.807, 2.05) is 81.4 Å². The third-order valence-electron chi connectivity index (χ3n) is 3.52. The van der Waals surface area contributed by atoms with E-state index in [0.29, 0.717) is 5.75 Å². The SMILES string of the molecule is CC(C)(C)Oc1cccc(Oc2ccccc2-c2ccc(O)cc2)c1. The van der Waals surface area contributed by atoms with Gasteiger partial charge in [-0.3, -0.25) is 0 Å². The summed E-state index contributed by atoms with van der Waals surface area (Å²) in [6, 6.07) is 22.5. The van der Waals surface area contributed by atoms with Crippen molar-refractivity contribution >= 4 is 0 Å². The standard InChI is InChI=1S/C22H22O3/c1-22(2,3)25-19-8-6-7-18(15-19)24-21-10-5-4-9-20(21)16-11-13-17(23)14-12-16/h4-15,23H,1-3H3. The molecule has 0 saturated heterocycles. The van der Waals surface area contributed by atoms with Gasteiger partial charge in [0, 0.05) is 11.6 Å². The second-order valence-electron chi connectivity index (χ2n) is 6.83. The molecule has 0 atom stereocenters. The second-order valence-corrected chi connectivity index (χ2v) is 6.83. The topological polar surface area (TPSA) is 38.7 Å². The van der Waals surface area contributed by atoms with Gasteiger partial charge in [-0.05, 0) is 56.7 Å². The van der Waals surface area contributed by atoms with Gasteiger partial charge < -0.3 is 14.6 Å². The van der Waals surface area contributed by atoms with E-state index in [1.165, 1.54) is 0 Å². The minimum atomic E-state index is -0.261. The molecule has 3 aromatic rings. The molecule has 3 aromatic carbocycles. The summed E-state index contributed by atoms with van der Waals surface area (Å²) >= 11 is 0. The summed E-state index contributed by atoms with van der Waals surface area (Å²) < 4.78 is 12.0. The Balaban J connectivity index is 1.89. The van der Waals surface area contributed by atoms with Crippen LogP contribution >= 0.6 is 0 Å². The summed E-state index contributed by atoms with van der Waals surface area (Å²) in [5.41, 5.74) is 1.68. The number of rotatable bonds is 4. The first-order valence-electron chi connectivity index (χ1n) is 8.26. The number of ether oxygens (including phenoxy) is 2. The van der Waals surface area contributed by atoms with Crippen molar-refractivity contribution in [1.29, 1.82) is 0 Å². The van der Waals surface area contributed by atoms with Gasteiger partial charge in [0.15, 0.2) is 0 Å². The highest BCUT2D eigenvalue weighted by molar-refractivity contribution is 5.71. The Morgan fingerprint density at radius 3 is 2.16 bits per heavy atom. The lowest BCUT2D eigenvalue weighted by molar-refractivity contribution is 0.130. The highest BCUT2D eigenvalue weighted by atomic mass is 16.5. The van der Waals surface area contributed by atoms with Crippen molar-refractivity contribution in [2.75, 3.05) is 0 Å². The van der Waals surface area contributed by atoms with Gasteiger partial charge in [0.2, 0.25) is 0 Å². The average molecular weight is 334 g/mol. The Morgan fingerprint density at radius 1 is 0.760 bits per heavy atom. The molecule has 0 spiro atoms. The maximum Gasteiger partial charge on any atom is 0.135 e. The van der Waals surface area contributed by atoms with Gasteiger partial charge in [0.25, 0.3) is 0 Å². The molecule has 0 radical (unpaired) electrons. The molecule has 3 heteroatoms. The van der Waals surface area contributed by atoms with E-state index >= 15 is 0 Å². The van der Waals surface area contributed by atoms with Crippen molar-refractivity contribution in [3.05, 3.63) is 72.8 Å². The summed E-state index contributed by atoms with van der Waals surface area (Å²) in [6.07, 6.45) is 0. The van der Waals surface area contributed by atoms with Crippen molar-refractivity contribution in [2.24, 2.45) is 0 Å². The lowest BCUT2D eigenvalue weighted by atomic mass is 10.0. The summed E-state index contributed by atoms with van der Waals surface area (Å²) in [7, 11) is 0. The Kier molecular flexibility index (Phi) is 4.66. The highest BCUT2D eigenvalue weighted by Gasteiger charge is 2.13. The van der Waals surface area contributed by atoms with Crippen molar-refractivity contribution in [2.45, 2.75) is 26.4 Å². The minimum absolute atomic E-state index is 0.245. The van der Waals surface area contributed by atoms with Gasteiger partial charge in [-0.2, -0.15) is 0 Å². The van der Waals surface area contributed by atoms with E-state index < -0.39 is 0 Å². The zero-order valence-corrected chi connectivity index (χ0v) is 14.7. The maximum absolute atomic E-state index is 9.49. The van der Waals surface area contributed by atoms with E-state index in [0.717, 1.165) is 22.6 Å². The lowest BCUT2D eigenvalue weighted by Gasteiger charge is -2.21. The number of hydrogen-bond acceptors (Lipinski definition) is 3. The molecule has 0 aliphatic rings. The Bertz CT molecular complexity index is 846. The fourth-order valence-electron chi connectivity index (χ4n) is 2.52. The van der Waals surface area contributed by atoms with Crippen molar-refractivity contribution in [3.63, 3.8) is 0 Å². The summed E-state index contributed by atoms with van der Waals surface area (Å²) in [4.78, 5) is 0. The van der Waals surface area contributed by atoms with Crippen LogP contribution < -0.4 is 9.47 Å².